The molecule has 2 fully saturated rings. The smallest absolute Gasteiger partial charge is 0.303 e. The summed E-state index contributed by atoms with van der Waals surface area (Å²) in [6.45, 7) is 10.7. The topological polar surface area (TPSA) is 116 Å². The van der Waals surface area contributed by atoms with Gasteiger partial charge in [0, 0.05) is 43.7 Å². The van der Waals surface area contributed by atoms with Crippen LogP contribution in [0.2, 0.25) is 0 Å². The molecule has 1 atom stereocenters. The maximum absolute atomic E-state index is 14.1. The van der Waals surface area contributed by atoms with Gasteiger partial charge in [-0.05, 0) is 91.7 Å². The van der Waals surface area contributed by atoms with Crippen molar-refractivity contribution in [2.75, 3.05) is 36.0 Å². The van der Waals surface area contributed by atoms with E-state index in [1.165, 1.54) is 0 Å². The van der Waals surface area contributed by atoms with Gasteiger partial charge in [-0.3, -0.25) is 14.5 Å². The summed E-state index contributed by atoms with van der Waals surface area (Å²) in [5.74, 6) is 1.08. The second kappa shape index (κ2) is 13.2. The van der Waals surface area contributed by atoms with Crippen LogP contribution in [0, 0.1) is 24.2 Å². The Labute approximate surface area is 259 Å². The third-order valence-electron chi connectivity index (χ3n) is 8.43. The number of carbonyl (C=O) groups excluding carboxylic acids is 1. The van der Waals surface area contributed by atoms with Crippen molar-refractivity contribution in [3.05, 3.63) is 71.5 Å². The van der Waals surface area contributed by atoms with E-state index in [0.717, 1.165) is 55.7 Å². The molecular formula is C35H44N4O5. The molecule has 5 rings (SSSR count). The van der Waals surface area contributed by atoms with Gasteiger partial charge >= 0.3 is 5.97 Å². The van der Waals surface area contributed by atoms with Crippen molar-refractivity contribution in [3.63, 3.8) is 0 Å². The number of nitrogens with zero attached hydrogens (tertiary/aromatic N) is 4. The molecule has 1 saturated carbocycles. The van der Waals surface area contributed by atoms with Crippen LogP contribution in [0.15, 0.2) is 54.7 Å². The zero-order chi connectivity index (χ0) is 31.4. The molecule has 1 saturated heterocycles. The first kappa shape index (κ1) is 31.3. The number of ether oxygens (including phenoxy) is 1. The monoisotopic (exact) mass is 600 g/mol. The summed E-state index contributed by atoms with van der Waals surface area (Å²) in [5, 5.41) is 19.8. The van der Waals surface area contributed by atoms with E-state index in [1.807, 2.05) is 37.3 Å². The number of anilines is 2. The molecule has 0 bridgehead atoms. The Kier molecular flexibility index (Phi) is 9.42. The van der Waals surface area contributed by atoms with Crippen LogP contribution in [0.5, 0.6) is 11.6 Å². The minimum atomic E-state index is -0.779. The molecular weight excluding hydrogens is 556 g/mol. The SMILES string of the molecule is Cc1cccc(N(CC(C)(C)C)C(=O)c2ccc(O)cc2N2CCC(COc3cc(C(CC(=O)O)C4CC4)ccn3)CC2)n1. The fourth-order valence-electron chi connectivity index (χ4n) is 6.04. The first-order chi connectivity index (χ1) is 21.0. The average molecular weight is 601 g/mol. The number of aryl methyl sites for hydroxylation is 1. The molecule has 234 valence electrons. The lowest BCUT2D eigenvalue weighted by Gasteiger charge is -2.35. The number of phenols is 1. The van der Waals surface area contributed by atoms with Crippen molar-refractivity contribution in [1.29, 1.82) is 0 Å². The van der Waals surface area contributed by atoms with Crippen LogP contribution in [-0.4, -0.2) is 58.3 Å². The average Bonchev–Trinajstić information content (AvgIpc) is 3.83. The highest BCUT2D eigenvalue weighted by atomic mass is 16.5. The van der Waals surface area contributed by atoms with E-state index in [2.05, 4.69) is 35.6 Å². The quantitative estimate of drug-likeness (QED) is 0.258. The number of amides is 1. The van der Waals surface area contributed by atoms with Gasteiger partial charge in [-0.15, -0.1) is 0 Å². The van der Waals surface area contributed by atoms with Crippen LogP contribution >= 0.6 is 0 Å². The van der Waals surface area contributed by atoms with Crippen LogP contribution in [0.3, 0.4) is 0 Å². The number of phenolic OH excluding ortho intramolecular Hbond substituents is 1. The standard InChI is InChI=1S/C35H44N4O5/c1-23-6-5-7-31(37-23)39(22-35(2,3)4)34(43)28-11-10-27(40)19-30(28)38-16-13-24(14-17-38)21-44-32-18-26(12-15-36-32)29(20-33(41)42)25-8-9-25/h5-7,10-12,15,18-19,24-25,29,40H,8-9,13-14,16-17,20-22H2,1-4H3,(H,41,42). The zero-order valence-electron chi connectivity index (χ0n) is 26.2. The summed E-state index contributed by atoms with van der Waals surface area (Å²) in [6.07, 6.45) is 5.69. The van der Waals surface area contributed by atoms with E-state index < -0.39 is 5.97 Å². The fourth-order valence-corrected chi connectivity index (χ4v) is 6.04. The largest absolute Gasteiger partial charge is 0.508 e. The Hall–Kier alpha value is -4.14. The first-order valence-electron chi connectivity index (χ1n) is 15.6. The van der Waals surface area contributed by atoms with Crippen LogP contribution in [0.4, 0.5) is 11.5 Å². The minimum Gasteiger partial charge on any atom is -0.508 e. The van der Waals surface area contributed by atoms with Gasteiger partial charge < -0.3 is 19.8 Å². The van der Waals surface area contributed by atoms with Gasteiger partial charge in [-0.1, -0.05) is 26.8 Å². The summed E-state index contributed by atoms with van der Waals surface area (Å²) >= 11 is 0. The van der Waals surface area contributed by atoms with Crippen molar-refractivity contribution >= 4 is 23.4 Å². The predicted octanol–water partition coefficient (Wildman–Crippen LogP) is 6.45. The van der Waals surface area contributed by atoms with E-state index in [9.17, 15) is 19.8 Å². The number of carbonyl (C=O) groups is 2. The number of piperidine rings is 1. The van der Waals surface area contributed by atoms with Crippen molar-refractivity contribution in [2.24, 2.45) is 17.3 Å². The molecule has 0 radical (unpaired) electrons. The summed E-state index contributed by atoms with van der Waals surface area (Å²) < 4.78 is 6.12. The Morgan fingerprint density at radius 1 is 1.07 bits per heavy atom. The molecule has 1 amide bonds. The van der Waals surface area contributed by atoms with Crippen molar-refractivity contribution in [1.82, 2.24) is 9.97 Å². The van der Waals surface area contributed by atoms with Gasteiger partial charge in [0.15, 0.2) is 0 Å². The third-order valence-corrected chi connectivity index (χ3v) is 8.43. The number of hydrogen-bond donors (Lipinski definition) is 2. The third kappa shape index (κ3) is 8.07. The lowest BCUT2D eigenvalue weighted by Crippen LogP contribution is -2.40. The summed E-state index contributed by atoms with van der Waals surface area (Å²) in [6, 6.07) is 14.5. The van der Waals surface area contributed by atoms with Gasteiger partial charge in [0.05, 0.1) is 24.3 Å². The van der Waals surface area contributed by atoms with Gasteiger partial charge in [0.2, 0.25) is 5.88 Å². The normalized spacial score (nSPS) is 16.4. The number of benzene rings is 1. The maximum Gasteiger partial charge on any atom is 0.303 e. The van der Waals surface area contributed by atoms with Crippen LogP contribution in [-0.2, 0) is 4.79 Å². The summed E-state index contributed by atoms with van der Waals surface area (Å²) in [7, 11) is 0. The maximum atomic E-state index is 14.1. The van der Waals surface area contributed by atoms with Gasteiger partial charge in [-0.25, -0.2) is 9.97 Å². The Morgan fingerprint density at radius 3 is 2.48 bits per heavy atom. The first-order valence-corrected chi connectivity index (χ1v) is 15.6. The van der Waals surface area contributed by atoms with Crippen LogP contribution in [0.1, 0.15) is 80.4 Å². The Balaban J connectivity index is 1.26. The van der Waals surface area contributed by atoms with E-state index in [-0.39, 0.29) is 29.4 Å². The molecule has 2 aromatic heterocycles. The molecule has 9 nitrogen and oxygen atoms in total. The van der Waals surface area contributed by atoms with Gasteiger partial charge in [0.25, 0.3) is 5.91 Å². The zero-order valence-corrected chi connectivity index (χ0v) is 26.2. The summed E-state index contributed by atoms with van der Waals surface area (Å²) in [5.41, 5.74) is 2.93. The molecule has 1 aromatic carbocycles. The Morgan fingerprint density at radius 2 is 1.82 bits per heavy atom. The number of rotatable bonds is 11. The van der Waals surface area contributed by atoms with E-state index in [0.29, 0.717) is 42.2 Å². The number of carboxylic acid groups (broad SMARTS) is 1. The number of carboxylic acids is 1. The molecule has 3 heterocycles. The summed E-state index contributed by atoms with van der Waals surface area (Å²) in [4.78, 5) is 38.5. The fraction of sp³-hybridized carbons (Fsp3) is 0.486. The molecule has 1 aliphatic heterocycles. The molecule has 2 aliphatic rings. The van der Waals surface area contributed by atoms with Crippen molar-refractivity contribution in [2.45, 2.75) is 65.7 Å². The van der Waals surface area contributed by atoms with Crippen molar-refractivity contribution in [3.8, 4) is 11.6 Å². The van der Waals surface area contributed by atoms with Crippen molar-refractivity contribution < 1.29 is 24.5 Å². The number of hydrogen-bond acceptors (Lipinski definition) is 7. The Bertz CT molecular complexity index is 1470. The lowest BCUT2D eigenvalue weighted by molar-refractivity contribution is -0.137. The molecule has 44 heavy (non-hydrogen) atoms. The second-order valence-corrected chi connectivity index (χ2v) is 13.5. The van der Waals surface area contributed by atoms with E-state index in [1.54, 1.807) is 29.3 Å². The number of aromatic nitrogens is 2. The molecule has 1 aliphatic carbocycles. The predicted molar refractivity (Wildman–Crippen MR) is 171 cm³/mol. The van der Waals surface area contributed by atoms with Gasteiger partial charge in [-0.2, -0.15) is 0 Å². The number of pyridine rings is 2. The highest BCUT2D eigenvalue weighted by Crippen LogP contribution is 2.45. The second-order valence-electron chi connectivity index (χ2n) is 13.5. The van der Waals surface area contributed by atoms with E-state index in [4.69, 9.17) is 4.74 Å². The van der Waals surface area contributed by atoms with Crippen LogP contribution in [0.25, 0.3) is 0 Å². The van der Waals surface area contributed by atoms with Crippen LogP contribution < -0.4 is 14.5 Å². The number of aliphatic carboxylic acids is 1. The highest BCUT2D eigenvalue weighted by Gasteiger charge is 2.34. The highest BCUT2D eigenvalue weighted by molar-refractivity contribution is 6.09. The van der Waals surface area contributed by atoms with Gasteiger partial charge in [0.1, 0.15) is 11.6 Å². The molecule has 2 N–H and O–H groups in total. The molecule has 9 heteroatoms. The minimum absolute atomic E-state index is 0.00120. The number of aromatic hydroxyl groups is 1. The lowest BCUT2D eigenvalue weighted by atomic mass is 9.92. The molecule has 3 aromatic rings. The molecule has 1 unspecified atom stereocenters. The van der Waals surface area contributed by atoms with E-state index >= 15 is 0 Å². The molecule has 0 spiro atoms.